The molecule has 0 aliphatic heterocycles. The number of fused-ring (bicyclic) bond motifs is 1. The third-order valence-electron chi connectivity index (χ3n) is 4.22. The molecular formula is C20H18N2O5S. The van der Waals surface area contributed by atoms with Crippen LogP contribution in [0, 0.1) is 10.1 Å². The van der Waals surface area contributed by atoms with Gasteiger partial charge in [-0.05, 0) is 23.6 Å². The zero-order valence-electron chi connectivity index (χ0n) is 15.1. The van der Waals surface area contributed by atoms with E-state index < -0.39 is 10.9 Å². The Labute approximate surface area is 165 Å². The number of ether oxygens (including phenoxy) is 1. The van der Waals surface area contributed by atoms with Gasteiger partial charge in [0.1, 0.15) is 4.88 Å². The maximum absolute atomic E-state index is 12.2. The lowest BCUT2D eigenvalue weighted by molar-refractivity contribution is -0.384. The molecule has 0 saturated carbocycles. The zero-order valence-corrected chi connectivity index (χ0v) is 15.9. The number of esters is 1. The minimum atomic E-state index is -0.630. The molecule has 0 radical (unpaired) electrons. The first-order valence-electron chi connectivity index (χ1n) is 8.61. The van der Waals surface area contributed by atoms with Crippen LogP contribution in [-0.2, 0) is 9.53 Å². The van der Waals surface area contributed by atoms with Crippen LogP contribution in [0.15, 0.2) is 54.6 Å². The summed E-state index contributed by atoms with van der Waals surface area (Å²) in [5.74, 6) is -0.873. The topological polar surface area (TPSA) is 98.5 Å². The average molecular weight is 398 g/mol. The Bertz CT molecular complexity index is 1020. The standard InChI is InChI=1S/C20H18N2O5S/c1-13(14-5-3-2-4-6-14)11-21-19(23)12-27-20(24)18-10-15-9-16(22(25)26)7-8-17(15)28-18/h2-10,13H,11-12H2,1H3,(H,21,23)/t13-/m1/s1. The molecule has 0 spiro atoms. The van der Waals surface area contributed by atoms with Gasteiger partial charge in [-0.3, -0.25) is 14.9 Å². The van der Waals surface area contributed by atoms with Gasteiger partial charge in [-0.15, -0.1) is 11.3 Å². The molecule has 2 aromatic carbocycles. The smallest absolute Gasteiger partial charge is 0.348 e. The van der Waals surface area contributed by atoms with Gasteiger partial charge in [0.2, 0.25) is 0 Å². The largest absolute Gasteiger partial charge is 0.451 e. The van der Waals surface area contributed by atoms with Crippen LogP contribution >= 0.6 is 11.3 Å². The number of thiophene rings is 1. The van der Waals surface area contributed by atoms with Gasteiger partial charge in [0.05, 0.1) is 4.92 Å². The summed E-state index contributed by atoms with van der Waals surface area (Å²) < 4.78 is 5.80. The minimum absolute atomic E-state index is 0.0443. The Morgan fingerprint density at radius 1 is 1.18 bits per heavy atom. The molecule has 28 heavy (non-hydrogen) atoms. The van der Waals surface area contributed by atoms with E-state index in [0.29, 0.717) is 16.8 Å². The highest BCUT2D eigenvalue weighted by Gasteiger charge is 2.16. The van der Waals surface area contributed by atoms with E-state index in [-0.39, 0.29) is 24.1 Å². The first kappa shape index (κ1) is 19.5. The second-order valence-electron chi connectivity index (χ2n) is 6.28. The molecule has 0 bridgehead atoms. The van der Waals surface area contributed by atoms with Crippen molar-refractivity contribution < 1.29 is 19.2 Å². The molecule has 0 aliphatic carbocycles. The maximum atomic E-state index is 12.2. The Hall–Kier alpha value is -3.26. The molecule has 1 aromatic heterocycles. The number of carbonyl (C=O) groups excluding carboxylic acids is 2. The molecule has 0 fully saturated rings. The van der Waals surface area contributed by atoms with Crippen molar-refractivity contribution in [3.63, 3.8) is 0 Å². The first-order chi connectivity index (χ1) is 13.4. The van der Waals surface area contributed by atoms with Crippen molar-refractivity contribution in [2.24, 2.45) is 0 Å². The fourth-order valence-corrected chi connectivity index (χ4v) is 3.60. The van der Waals surface area contributed by atoms with E-state index in [9.17, 15) is 19.7 Å². The molecule has 1 amide bonds. The van der Waals surface area contributed by atoms with E-state index in [1.807, 2.05) is 37.3 Å². The van der Waals surface area contributed by atoms with Crippen LogP contribution in [0.5, 0.6) is 0 Å². The van der Waals surface area contributed by atoms with Gasteiger partial charge in [-0.2, -0.15) is 0 Å². The molecule has 7 nitrogen and oxygen atoms in total. The Balaban J connectivity index is 1.52. The Morgan fingerprint density at radius 2 is 1.93 bits per heavy atom. The second-order valence-corrected chi connectivity index (χ2v) is 7.37. The lowest BCUT2D eigenvalue weighted by Crippen LogP contribution is -2.31. The fraction of sp³-hybridized carbons (Fsp3) is 0.200. The van der Waals surface area contributed by atoms with E-state index in [0.717, 1.165) is 21.6 Å². The highest BCUT2D eigenvalue weighted by molar-refractivity contribution is 7.20. The van der Waals surface area contributed by atoms with E-state index in [1.54, 1.807) is 6.07 Å². The summed E-state index contributed by atoms with van der Waals surface area (Å²) >= 11 is 1.16. The van der Waals surface area contributed by atoms with Crippen LogP contribution in [0.25, 0.3) is 10.1 Å². The Morgan fingerprint density at radius 3 is 2.64 bits per heavy atom. The molecule has 8 heteroatoms. The molecule has 1 heterocycles. The number of carbonyl (C=O) groups is 2. The number of benzene rings is 2. The molecule has 3 rings (SSSR count). The van der Waals surface area contributed by atoms with Crippen molar-refractivity contribution in [3.05, 3.63) is 75.2 Å². The molecule has 1 atom stereocenters. The zero-order chi connectivity index (χ0) is 20.1. The minimum Gasteiger partial charge on any atom is -0.451 e. The quantitative estimate of drug-likeness (QED) is 0.370. The number of rotatable bonds is 7. The van der Waals surface area contributed by atoms with Gasteiger partial charge >= 0.3 is 5.97 Å². The van der Waals surface area contributed by atoms with Crippen LogP contribution in [0.4, 0.5) is 5.69 Å². The number of nitro benzene ring substituents is 1. The van der Waals surface area contributed by atoms with Crippen molar-refractivity contribution in [1.82, 2.24) is 5.32 Å². The number of nitrogens with one attached hydrogen (secondary N) is 1. The first-order valence-corrected chi connectivity index (χ1v) is 9.42. The molecular weight excluding hydrogens is 380 g/mol. The molecule has 0 saturated heterocycles. The molecule has 0 aliphatic rings. The van der Waals surface area contributed by atoms with Gasteiger partial charge in [-0.25, -0.2) is 4.79 Å². The number of amides is 1. The number of nitro groups is 1. The number of hydrogen-bond donors (Lipinski definition) is 1. The summed E-state index contributed by atoms with van der Waals surface area (Å²) in [5.41, 5.74) is 1.07. The van der Waals surface area contributed by atoms with Crippen LogP contribution in [-0.4, -0.2) is 30.0 Å². The molecule has 3 aromatic rings. The summed E-state index contributed by atoms with van der Waals surface area (Å²) in [6, 6.07) is 15.7. The predicted octanol–water partition coefficient (Wildman–Crippen LogP) is 3.89. The summed E-state index contributed by atoms with van der Waals surface area (Å²) in [4.78, 5) is 34.8. The maximum Gasteiger partial charge on any atom is 0.348 e. The third-order valence-corrected chi connectivity index (χ3v) is 5.32. The summed E-state index contributed by atoms with van der Waals surface area (Å²) in [7, 11) is 0. The normalized spacial score (nSPS) is 11.8. The molecule has 1 N–H and O–H groups in total. The lowest BCUT2D eigenvalue weighted by Gasteiger charge is -2.13. The highest BCUT2D eigenvalue weighted by atomic mass is 32.1. The van der Waals surface area contributed by atoms with Crippen LogP contribution in [0.3, 0.4) is 0 Å². The number of nitrogens with zero attached hydrogens (tertiary/aromatic N) is 1. The van der Waals surface area contributed by atoms with E-state index in [4.69, 9.17) is 4.74 Å². The van der Waals surface area contributed by atoms with Gasteiger partial charge in [0.15, 0.2) is 6.61 Å². The van der Waals surface area contributed by atoms with Gasteiger partial charge in [-0.1, -0.05) is 37.3 Å². The van der Waals surface area contributed by atoms with Crippen molar-refractivity contribution in [1.29, 1.82) is 0 Å². The molecule has 144 valence electrons. The fourth-order valence-electron chi connectivity index (χ4n) is 2.66. The lowest BCUT2D eigenvalue weighted by atomic mass is 10.0. The summed E-state index contributed by atoms with van der Waals surface area (Å²) in [5, 5.41) is 14.2. The highest BCUT2D eigenvalue weighted by Crippen LogP contribution is 2.29. The van der Waals surface area contributed by atoms with Crippen LogP contribution in [0.1, 0.15) is 28.1 Å². The summed E-state index contributed by atoms with van der Waals surface area (Å²) in [6.07, 6.45) is 0. The van der Waals surface area contributed by atoms with Gasteiger partial charge in [0, 0.05) is 28.8 Å². The monoisotopic (exact) mass is 398 g/mol. The Kier molecular flexibility index (Phi) is 6.00. The SMILES string of the molecule is C[C@H](CNC(=O)COC(=O)c1cc2cc([N+](=O)[O-])ccc2s1)c1ccccc1. The van der Waals surface area contributed by atoms with Crippen LogP contribution < -0.4 is 5.32 Å². The number of hydrogen-bond acceptors (Lipinski definition) is 6. The van der Waals surface area contributed by atoms with E-state index in [1.165, 1.54) is 18.2 Å². The van der Waals surface area contributed by atoms with Crippen molar-refractivity contribution >= 4 is 39.0 Å². The van der Waals surface area contributed by atoms with E-state index in [2.05, 4.69) is 5.32 Å². The van der Waals surface area contributed by atoms with Crippen molar-refractivity contribution in [2.75, 3.05) is 13.2 Å². The number of non-ortho nitro benzene ring substituents is 1. The van der Waals surface area contributed by atoms with Gasteiger partial charge < -0.3 is 10.1 Å². The average Bonchev–Trinajstić information content (AvgIpc) is 3.14. The van der Waals surface area contributed by atoms with E-state index >= 15 is 0 Å². The second kappa shape index (κ2) is 8.62. The third kappa shape index (κ3) is 4.72. The van der Waals surface area contributed by atoms with Crippen LogP contribution in [0.2, 0.25) is 0 Å². The van der Waals surface area contributed by atoms with Gasteiger partial charge in [0.25, 0.3) is 11.6 Å². The molecule has 0 unspecified atom stereocenters. The summed E-state index contributed by atoms with van der Waals surface area (Å²) in [6.45, 7) is 2.06. The van der Waals surface area contributed by atoms with Crippen molar-refractivity contribution in [3.8, 4) is 0 Å². The van der Waals surface area contributed by atoms with Crippen molar-refractivity contribution in [2.45, 2.75) is 12.8 Å². The predicted molar refractivity (Wildman–Crippen MR) is 107 cm³/mol.